The summed E-state index contributed by atoms with van der Waals surface area (Å²) in [5.74, 6) is 0.0577. The highest BCUT2D eigenvalue weighted by molar-refractivity contribution is 5.96. The molecule has 0 bridgehead atoms. The Hall–Kier alpha value is -3.06. The van der Waals surface area contributed by atoms with E-state index in [9.17, 15) is 9.59 Å². The molecule has 0 heterocycles. The van der Waals surface area contributed by atoms with Crippen LogP contribution >= 0.6 is 0 Å². The molecule has 0 aliphatic heterocycles. The number of benzene rings is 2. The number of hydrogen-bond acceptors (Lipinski definition) is 5. The predicted molar refractivity (Wildman–Crippen MR) is 105 cm³/mol. The lowest BCUT2D eigenvalue weighted by Gasteiger charge is -2.16. The predicted octanol–water partition coefficient (Wildman–Crippen LogP) is 2.85. The molecule has 0 aliphatic carbocycles. The van der Waals surface area contributed by atoms with Crippen LogP contribution in [0.1, 0.15) is 36.7 Å². The van der Waals surface area contributed by atoms with E-state index < -0.39 is 17.9 Å². The molecule has 2 N–H and O–H groups in total. The maximum atomic E-state index is 12.3. The number of amides is 2. The molecule has 150 valence electrons. The third kappa shape index (κ3) is 6.28. The highest BCUT2D eigenvalue weighted by Crippen LogP contribution is 2.28. The van der Waals surface area contributed by atoms with E-state index >= 15 is 0 Å². The van der Waals surface area contributed by atoms with Crippen molar-refractivity contribution in [1.29, 1.82) is 0 Å². The van der Waals surface area contributed by atoms with Crippen LogP contribution in [-0.2, 0) is 16.1 Å². The van der Waals surface area contributed by atoms with Gasteiger partial charge in [0.1, 0.15) is 6.10 Å². The largest absolute Gasteiger partial charge is 0.493 e. The fourth-order valence-electron chi connectivity index (χ4n) is 2.32. The van der Waals surface area contributed by atoms with E-state index in [0.717, 1.165) is 5.56 Å². The number of rotatable bonds is 8. The summed E-state index contributed by atoms with van der Waals surface area (Å²) in [6.07, 6.45) is -0.748. The van der Waals surface area contributed by atoms with Crippen molar-refractivity contribution >= 4 is 11.8 Å². The Morgan fingerprint density at radius 1 is 0.964 bits per heavy atom. The van der Waals surface area contributed by atoms with Gasteiger partial charge in [-0.1, -0.05) is 30.3 Å². The Bertz CT molecular complexity index is 793. The van der Waals surface area contributed by atoms with E-state index in [1.54, 1.807) is 25.1 Å². The molecule has 1 atom stereocenters. The van der Waals surface area contributed by atoms with Crippen LogP contribution in [0.5, 0.6) is 11.5 Å². The van der Waals surface area contributed by atoms with Gasteiger partial charge >= 0.3 is 0 Å². The molecule has 0 saturated heterocycles. The van der Waals surface area contributed by atoms with Crippen LogP contribution in [0.15, 0.2) is 48.5 Å². The average molecular weight is 386 g/mol. The van der Waals surface area contributed by atoms with Crippen molar-refractivity contribution in [3.8, 4) is 11.5 Å². The summed E-state index contributed by atoms with van der Waals surface area (Å²) in [5.41, 5.74) is 6.03. The Morgan fingerprint density at radius 3 is 2.32 bits per heavy atom. The molecule has 2 amide bonds. The number of hydrogen-bond donors (Lipinski definition) is 2. The molecule has 0 radical (unpaired) electrons. The van der Waals surface area contributed by atoms with Gasteiger partial charge in [-0.2, -0.15) is 0 Å². The van der Waals surface area contributed by atoms with Crippen LogP contribution in [0.4, 0.5) is 0 Å². The molecule has 2 rings (SSSR count). The van der Waals surface area contributed by atoms with Crippen LogP contribution in [-0.4, -0.2) is 31.1 Å². The molecule has 0 aromatic heterocycles. The van der Waals surface area contributed by atoms with Gasteiger partial charge in [-0.05, 0) is 44.5 Å². The normalized spacial score (nSPS) is 11.6. The number of hydrazine groups is 1. The molecule has 1 unspecified atom stereocenters. The molecule has 0 spiro atoms. The summed E-state index contributed by atoms with van der Waals surface area (Å²) >= 11 is 0. The lowest BCUT2D eigenvalue weighted by atomic mass is 10.2. The molecule has 7 heteroatoms. The number of methoxy groups -OCH3 is 1. The first-order chi connectivity index (χ1) is 13.4. The summed E-state index contributed by atoms with van der Waals surface area (Å²) in [6.45, 7) is 5.72. The highest BCUT2D eigenvalue weighted by Gasteiger charge is 2.16. The standard InChI is InChI=1S/C21H26N2O5/c1-14(2)28-18-11-10-17(12-19(18)26-4)21(25)23-22-20(24)15(3)27-13-16-8-6-5-7-9-16/h5-12,14-15H,13H2,1-4H3,(H,22,24)(H,23,25). The quantitative estimate of drug-likeness (QED) is 0.682. The van der Waals surface area contributed by atoms with Gasteiger partial charge in [0.25, 0.3) is 11.8 Å². The van der Waals surface area contributed by atoms with E-state index in [0.29, 0.717) is 23.7 Å². The molecule has 0 saturated carbocycles. The molecule has 7 nitrogen and oxygen atoms in total. The van der Waals surface area contributed by atoms with Gasteiger partial charge in [0.05, 0.1) is 19.8 Å². The summed E-state index contributed by atoms with van der Waals surface area (Å²) in [5, 5.41) is 0. The van der Waals surface area contributed by atoms with Gasteiger partial charge in [0, 0.05) is 5.56 Å². The number of carbonyl (C=O) groups excluding carboxylic acids is 2. The smallest absolute Gasteiger partial charge is 0.269 e. The minimum atomic E-state index is -0.725. The van der Waals surface area contributed by atoms with Crippen LogP contribution in [0.2, 0.25) is 0 Å². The minimum absolute atomic E-state index is 0.0229. The van der Waals surface area contributed by atoms with Crippen molar-refractivity contribution in [3.05, 3.63) is 59.7 Å². The van der Waals surface area contributed by atoms with E-state index in [-0.39, 0.29) is 6.10 Å². The summed E-state index contributed by atoms with van der Waals surface area (Å²) in [7, 11) is 1.50. The van der Waals surface area contributed by atoms with Gasteiger partial charge < -0.3 is 14.2 Å². The second-order valence-electron chi connectivity index (χ2n) is 6.41. The van der Waals surface area contributed by atoms with Gasteiger partial charge in [-0.3, -0.25) is 20.4 Å². The van der Waals surface area contributed by atoms with Gasteiger partial charge in [-0.15, -0.1) is 0 Å². The lowest BCUT2D eigenvalue weighted by Crippen LogP contribution is -2.46. The van der Waals surface area contributed by atoms with Crippen LogP contribution in [0.25, 0.3) is 0 Å². The van der Waals surface area contributed by atoms with Crippen LogP contribution < -0.4 is 20.3 Å². The fraction of sp³-hybridized carbons (Fsp3) is 0.333. The molecular weight excluding hydrogens is 360 g/mol. The van der Waals surface area contributed by atoms with Crippen LogP contribution in [0, 0.1) is 0 Å². The van der Waals surface area contributed by atoms with Crippen LogP contribution in [0.3, 0.4) is 0 Å². The Balaban J connectivity index is 1.87. The van der Waals surface area contributed by atoms with Crippen molar-refractivity contribution in [2.24, 2.45) is 0 Å². The number of ether oxygens (including phenoxy) is 3. The van der Waals surface area contributed by atoms with E-state index in [1.165, 1.54) is 7.11 Å². The first-order valence-corrected chi connectivity index (χ1v) is 9.01. The Kier molecular flexibility index (Phi) is 7.83. The van der Waals surface area contributed by atoms with Crippen molar-refractivity contribution in [3.63, 3.8) is 0 Å². The third-order valence-electron chi connectivity index (χ3n) is 3.80. The Morgan fingerprint density at radius 2 is 1.68 bits per heavy atom. The monoisotopic (exact) mass is 386 g/mol. The zero-order valence-corrected chi connectivity index (χ0v) is 16.5. The first-order valence-electron chi connectivity index (χ1n) is 9.01. The zero-order valence-electron chi connectivity index (χ0n) is 16.5. The molecule has 0 fully saturated rings. The SMILES string of the molecule is COc1cc(C(=O)NNC(=O)C(C)OCc2ccccc2)ccc1OC(C)C. The number of carbonyl (C=O) groups is 2. The molecule has 28 heavy (non-hydrogen) atoms. The maximum Gasteiger partial charge on any atom is 0.269 e. The van der Waals surface area contributed by atoms with Gasteiger partial charge in [0.2, 0.25) is 0 Å². The van der Waals surface area contributed by atoms with E-state index in [4.69, 9.17) is 14.2 Å². The minimum Gasteiger partial charge on any atom is -0.493 e. The molecular formula is C21H26N2O5. The average Bonchev–Trinajstić information content (AvgIpc) is 2.70. The van der Waals surface area contributed by atoms with Gasteiger partial charge in [0.15, 0.2) is 11.5 Å². The molecule has 2 aromatic carbocycles. The summed E-state index contributed by atoms with van der Waals surface area (Å²) < 4.78 is 16.4. The topological polar surface area (TPSA) is 85.9 Å². The summed E-state index contributed by atoms with van der Waals surface area (Å²) in [6, 6.07) is 14.3. The van der Waals surface area contributed by atoms with E-state index in [1.807, 2.05) is 44.2 Å². The zero-order chi connectivity index (χ0) is 20.5. The van der Waals surface area contributed by atoms with E-state index in [2.05, 4.69) is 10.9 Å². The second-order valence-corrected chi connectivity index (χ2v) is 6.41. The fourth-order valence-corrected chi connectivity index (χ4v) is 2.32. The number of nitrogens with one attached hydrogen (secondary N) is 2. The lowest BCUT2D eigenvalue weighted by molar-refractivity contribution is -0.133. The maximum absolute atomic E-state index is 12.3. The van der Waals surface area contributed by atoms with Crippen molar-refractivity contribution in [2.45, 2.75) is 39.6 Å². The molecule has 2 aromatic rings. The first kappa shape index (κ1) is 21.2. The molecule has 0 aliphatic rings. The summed E-state index contributed by atoms with van der Waals surface area (Å²) in [4.78, 5) is 24.4. The third-order valence-corrected chi connectivity index (χ3v) is 3.80. The van der Waals surface area contributed by atoms with Crippen molar-refractivity contribution in [1.82, 2.24) is 10.9 Å². The van der Waals surface area contributed by atoms with Crippen molar-refractivity contribution in [2.75, 3.05) is 7.11 Å². The van der Waals surface area contributed by atoms with Gasteiger partial charge in [-0.25, -0.2) is 0 Å². The Labute approximate surface area is 165 Å². The highest BCUT2D eigenvalue weighted by atomic mass is 16.5. The van der Waals surface area contributed by atoms with Crippen molar-refractivity contribution < 1.29 is 23.8 Å². The second kappa shape index (κ2) is 10.3.